The van der Waals surface area contributed by atoms with Crippen LogP contribution in [0.4, 0.5) is 4.39 Å². The zero-order valence-corrected chi connectivity index (χ0v) is 12.8. The van der Waals surface area contributed by atoms with E-state index in [9.17, 15) is 4.39 Å². The van der Waals surface area contributed by atoms with E-state index in [1.165, 1.54) is 13.2 Å². The average Bonchev–Trinajstić information content (AvgIpc) is 2.88. The Hall–Kier alpha value is -1.88. The maximum absolute atomic E-state index is 14.1. The van der Waals surface area contributed by atoms with Crippen LogP contribution in [-0.2, 0) is 19.4 Å². The normalized spacial score (nSPS) is 12.4. The molecule has 0 bridgehead atoms. The molecule has 2 aromatic rings. The molecule has 0 spiro atoms. The number of benzene rings is 1. The Bertz CT molecular complexity index is 610. The van der Waals surface area contributed by atoms with Gasteiger partial charge in [0.2, 0.25) is 0 Å². The van der Waals surface area contributed by atoms with E-state index in [-0.39, 0.29) is 5.82 Å². The van der Waals surface area contributed by atoms with Crippen LogP contribution in [-0.4, -0.2) is 16.9 Å². The van der Waals surface area contributed by atoms with Crippen molar-refractivity contribution in [2.75, 3.05) is 7.11 Å². The molecular formula is C16H22FN3O. The number of halogens is 1. The first-order valence-electron chi connectivity index (χ1n) is 7.24. The predicted octanol–water partition coefficient (Wildman–Crippen LogP) is 2.86. The number of hydrogen-bond acceptors (Lipinski definition) is 3. The van der Waals surface area contributed by atoms with Crippen molar-refractivity contribution in [2.45, 2.75) is 39.3 Å². The van der Waals surface area contributed by atoms with Crippen molar-refractivity contribution in [1.29, 1.82) is 0 Å². The Morgan fingerprint density at radius 2 is 2.14 bits per heavy atom. The minimum atomic E-state index is -0.465. The van der Waals surface area contributed by atoms with Crippen molar-refractivity contribution in [3.05, 3.63) is 47.0 Å². The summed E-state index contributed by atoms with van der Waals surface area (Å²) in [7, 11) is 1.52. The van der Waals surface area contributed by atoms with Crippen LogP contribution in [0.1, 0.15) is 36.8 Å². The van der Waals surface area contributed by atoms with Gasteiger partial charge in [-0.1, -0.05) is 13.0 Å². The highest BCUT2D eigenvalue weighted by Gasteiger charge is 2.19. The molecule has 1 heterocycles. The molecule has 0 radical (unpaired) electrons. The molecule has 2 rings (SSSR count). The van der Waals surface area contributed by atoms with Crippen LogP contribution >= 0.6 is 0 Å². The number of rotatable bonds is 6. The van der Waals surface area contributed by atoms with E-state index in [0.29, 0.717) is 17.7 Å². The van der Waals surface area contributed by atoms with Gasteiger partial charge in [-0.3, -0.25) is 4.68 Å². The lowest BCUT2D eigenvalue weighted by molar-refractivity contribution is 0.398. The van der Waals surface area contributed by atoms with Crippen molar-refractivity contribution in [3.63, 3.8) is 0 Å². The highest BCUT2D eigenvalue weighted by Crippen LogP contribution is 2.28. The summed E-state index contributed by atoms with van der Waals surface area (Å²) in [5.41, 5.74) is 8.68. The Kier molecular flexibility index (Phi) is 4.96. The Labute approximate surface area is 124 Å². The van der Waals surface area contributed by atoms with Crippen LogP contribution in [0.15, 0.2) is 24.3 Å². The molecule has 2 N–H and O–H groups in total. The lowest BCUT2D eigenvalue weighted by Crippen LogP contribution is -2.18. The van der Waals surface area contributed by atoms with Gasteiger partial charge >= 0.3 is 0 Å². The van der Waals surface area contributed by atoms with Gasteiger partial charge in [0.25, 0.3) is 0 Å². The molecule has 0 saturated carbocycles. The minimum absolute atomic E-state index is 0.333. The Morgan fingerprint density at radius 1 is 1.38 bits per heavy atom. The first kappa shape index (κ1) is 15.5. The van der Waals surface area contributed by atoms with E-state index in [0.717, 1.165) is 24.4 Å². The van der Waals surface area contributed by atoms with Crippen molar-refractivity contribution in [1.82, 2.24) is 9.78 Å². The van der Waals surface area contributed by atoms with Gasteiger partial charge in [0.05, 0.1) is 12.8 Å². The molecule has 0 aliphatic heterocycles. The molecule has 1 aromatic carbocycles. The summed E-state index contributed by atoms with van der Waals surface area (Å²) in [5, 5.41) is 4.50. The third kappa shape index (κ3) is 3.24. The second-order valence-electron chi connectivity index (χ2n) is 4.96. The number of nitrogens with zero attached hydrogens (tertiary/aromatic N) is 2. The summed E-state index contributed by atoms with van der Waals surface area (Å²) in [4.78, 5) is 0. The van der Waals surface area contributed by atoms with Gasteiger partial charge in [-0.25, -0.2) is 4.39 Å². The van der Waals surface area contributed by atoms with Crippen molar-refractivity contribution in [3.8, 4) is 5.75 Å². The van der Waals surface area contributed by atoms with Gasteiger partial charge < -0.3 is 10.5 Å². The zero-order chi connectivity index (χ0) is 15.4. The Balaban J connectivity index is 2.30. The maximum Gasteiger partial charge on any atom is 0.131 e. The van der Waals surface area contributed by atoms with Crippen LogP contribution in [0, 0.1) is 5.82 Å². The first-order valence-corrected chi connectivity index (χ1v) is 7.24. The van der Waals surface area contributed by atoms with Gasteiger partial charge in [0.1, 0.15) is 11.6 Å². The van der Waals surface area contributed by atoms with Crippen LogP contribution in [0.25, 0.3) is 0 Å². The maximum atomic E-state index is 14.1. The second kappa shape index (κ2) is 6.72. The van der Waals surface area contributed by atoms with E-state index in [1.807, 2.05) is 17.7 Å². The summed E-state index contributed by atoms with van der Waals surface area (Å²) in [6.07, 6.45) is 1.40. The lowest BCUT2D eigenvalue weighted by atomic mass is 10.0. The monoisotopic (exact) mass is 291 g/mol. The molecule has 0 saturated heterocycles. The van der Waals surface area contributed by atoms with Crippen LogP contribution in [0.5, 0.6) is 5.75 Å². The second-order valence-corrected chi connectivity index (χ2v) is 4.96. The number of nitrogens with two attached hydrogens (primary N) is 1. The number of aromatic nitrogens is 2. The fourth-order valence-corrected chi connectivity index (χ4v) is 2.51. The molecule has 0 amide bonds. The zero-order valence-electron chi connectivity index (χ0n) is 12.8. The fourth-order valence-electron chi connectivity index (χ4n) is 2.51. The van der Waals surface area contributed by atoms with E-state index in [1.54, 1.807) is 12.1 Å². The smallest absolute Gasteiger partial charge is 0.131 e. The summed E-state index contributed by atoms with van der Waals surface area (Å²) in [6.45, 7) is 4.87. The lowest BCUT2D eigenvalue weighted by Gasteiger charge is -2.17. The predicted molar refractivity (Wildman–Crippen MR) is 80.9 cm³/mol. The number of methoxy groups -OCH3 is 1. The molecule has 1 aromatic heterocycles. The molecule has 0 aliphatic rings. The van der Waals surface area contributed by atoms with E-state index >= 15 is 0 Å². The van der Waals surface area contributed by atoms with E-state index < -0.39 is 6.04 Å². The van der Waals surface area contributed by atoms with E-state index in [4.69, 9.17) is 10.5 Å². The molecule has 0 aliphatic carbocycles. The summed E-state index contributed by atoms with van der Waals surface area (Å²) < 4.78 is 21.2. The van der Waals surface area contributed by atoms with Gasteiger partial charge in [-0.15, -0.1) is 0 Å². The molecule has 114 valence electrons. The number of ether oxygens (including phenoxy) is 1. The minimum Gasteiger partial charge on any atom is -0.496 e. The molecule has 21 heavy (non-hydrogen) atoms. The topological polar surface area (TPSA) is 53.1 Å². The third-order valence-corrected chi connectivity index (χ3v) is 3.61. The molecular weight excluding hydrogens is 269 g/mol. The molecule has 0 fully saturated rings. The van der Waals surface area contributed by atoms with Crippen LogP contribution < -0.4 is 10.5 Å². The van der Waals surface area contributed by atoms with Crippen molar-refractivity contribution in [2.24, 2.45) is 5.73 Å². The molecule has 1 atom stereocenters. The SMILES string of the molecule is CCc1cc(CC(N)c2c(F)cccc2OC)n(CC)n1. The average molecular weight is 291 g/mol. The van der Waals surface area contributed by atoms with Gasteiger partial charge in [0, 0.05) is 30.3 Å². The van der Waals surface area contributed by atoms with Crippen molar-refractivity contribution < 1.29 is 9.13 Å². The fraction of sp³-hybridized carbons (Fsp3) is 0.438. The van der Waals surface area contributed by atoms with Crippen LogP contribution in [0.3, 0.4) is 0 Å². The number of aryl methyl sites for hydroxylation is 2. The molecule has 5 heteroatoms. The summed E-state index contributed by atoms with van der Waals surface area (Å²) in [5.74, 6) is 0.154. The molecule has 4 nitrogen and oxygen atoms in total. The highest BCUT2D eigenvalue weighted by molar-refractivity contribution is 5.37. The Morgan fingerprint density at radius 3 is 2.76 bits per heavy atom. The van der Waals surface area contributed by atoms with Crippen molar-refractivity contribution >= 4 is 0 Å². The van der Waals surface area contributed by atoms with Crippen LogP contribution in [0.2, 0.25) is 0 Å². The highest BCUT2D eigenvalue weighted by atomic mass is 19.1. The van der Waals surface area contributed by atoms with Gasteiger partial charge in [-0.2, -0.15) is 5.10 Å². The third-order valence-electron chi connectivity index (χ3n) is 3.61. The molecule has 1 unspecified atom stereocenters. The van der Waals surface area contributed by atoms with Gasteiger partial charge in [-0.05, 0) is 31.5 Å². The van der Waals surface area contributed by atoms with E-state index in [2.05, 4.69) is 12.0 Å². The summed E-state index contributed by atoms with van der Waals surface area (Å²) >= 11 is 0. The quantitative estimate of drug-likeness (QED) is 0.890. The first-order chi connectivity index (χ1) is 10.1. The standard InChI is InChI=1S/C16H22FN3O/c1-4-11-9-12(20(5-2)19-11)10-14(18)16-13(17)7-6-8-15(16)21-3/h6-9,14H,4-5,10,18H2,1-3H3. The number of hydrogen-bond donors (Lipinski definition) is 1. The summed E-state index contributed by atoms with van der Waals surface area (Å²) in [6, 6.07) is 6.33. The van der Waals surface area contributed by atoms with Gasteiger partial charge in [0.15, 0.2) is 0 Å². The largest absolute Gasteiger partial charge is 0.496 e.